The second-order valence-corrected chi connectivity index (χ2v) is 20.0. The van der Waals surface area contributed by atoms with Gasteiger partial charge in [0.2, 0.25) is 23.6 Å². The Balaban J connectivity index is 0.704. The number of piperazine rings is 1. The molecule has 0 saturated carbocycles. The molecule has 2 aromatic carbocycles. The number of ether oxygens (including phenoxy) is 4. The maximum Gasteiger partial charge on any atom is 0.246 e. The van der Waals surface area contributed by atoms with Gasteiger partial charge >= 0.3 is 0 Å². The minimum absolute atomic E-state index is 0.0199. The van der Waals surface area contributed by atoms with Gasteiger partial charge in [-0.05, 0) is 60.6 Å². The summed E-state index contributed by atoms with van der Waals surface area (Å²) in [7, 11) is 0. The number of hydrogen-bond donors (Lipinski definition) is 5. The van der Waals surface area contributed by atoms with E-state index in [1.807, 2.05) is 87.8 Å². The van der Waals surface area contributed by atoms with Crippen molar-refractivity contribution in [3.05, 3.63) is 89.7 Å². The summed E-state index contributed by atoms with van der Waals surface area (Å²) in [6, 6.07) is 19.5. The highest BCUT2D eigenvalue weighted by Gasteiger charge is 2.45. The molecule has 2 bridgehead atoms. The SMILES string of the molecule is Cc1ncsc1-c1ccc(CNC(=O)C2CC(O)CN2C(=O)C(NC(=O)COCCOCCOCCOc2cc(N3C4CCC3CN(c3cc(-c5ccccc5O)nnc3N)C4)ccn2)C(C)(C)C)cc1. The van der Waals surface area contributed by atoms with Gasteiger partial charge in [-0.25, -0.2) is 9.97 Å². The lowest BCUT2D eigenvalue weighted by Crippen LogP contribution is -2.58. The highest BCUT2D eigenvalue weighted by atomic mass is 32.1. The molecular weight excluding hydrogens is 929 g/mol. The van der Waals surface area contributed by atoms with Gasteiger partial charge in [-0.15, -0.1) is 21.5 Å². The van der Waals surface area contributed by atoms with Crippen molar-refractivity contribution in [3.63, 3.8) is 0 Å². The van der Waals surface area contributed by atoms with Gasteiger partial charge in [0.05, 0.1) is 66.6 Å². The fraction of sp³-hybridized carbons (Fsp3) is 0.471. The Bertz CT molecular complexity index is 2600. The number of rotatable bonds is 21. The molecule has 3 amide bonds. The zero-order valence-corrected chi connectivity index (χ0v) is 41.5. The van der Waals surface area contributed by atoms with Crippen molar-refractivity contribution in [2.75, 3.05) is 81.4 Å². The quantitative estimate of drug-likeness (QED) is 0.0642. The summed E-state index contributed by atoms with van der Waals surface area (Å²) in [5.74, 6) is -0.299. The first-order valence-corrected chi connectivity index (χ1v) is 24.9. The number of carbonyl (C=O) groups is 3. The van der Waals surface area contributed by atoms with Gasteiger partial charge in [0, 0.05) is 68.2 Å². The normalized spacial score (nSPS) is 19.2. The maximum absolute atomic E-state index is 14.0. The van der Waals surface area contributed by atoms with Crippen molar-refractivity contribution in [2.24, 2.45) is 5.41 Å². The lowest BCUT2D eigenvalue weighted by atomic mass is 9.85. The Morgan fingerprint density at radius 1 is 0.887 bits per heavy atom. The lowest BCUT2D eigenvalue weighted by molar-refractivity contribution is -0.144. The van der Waals surface area contributed by atoms with Crippen LogP contribution >= 0.6 is 11.3 Å². The molecule has 3 aromatic heterocycles. The van der Waals surface area contributed by atoms with Crippen molar-refractivity contribution in [3.8, 4) is 33.3 Å². The molecule has 0 aliphatic carbocycles. The number of pyridine rings is 1. The number of aliphatic hydroxyl groups is 1. The zero-order valence-electron chi connectivity index (χ0n) is 40.7. The number of phenolic OH excluding ortho intramolecular Hbond substituents is 1. The van der Waals surface area contributed by atoms with Crippen molar-refractivity contribution >= 4 is 46.3 Å². The molecule has 0 spiro atoms. The van der Waals surface area contributed by atoms with Gasteiger partial charge in [-0.2, -0.15) is 0 Å². The molecule has 3 fully saturated rings. The molecule has 5 atom stereocenters. The molecule has 71 heavy (non-hydrogen) atoms. The number of nitrogens with two attached hydrogens (primary N) is 1. The number of fused-ring (bicyclic) bond motifs is 2. The van der Waals surface area contributed by atoms with Crippen LogP contribution in [0.2, 0.25) is 0 Å². The predicted molar refractivity (Wildman–Crippen MR) is 269 cm³/mol. The van der Waals surface area contributed by atoms with Crippen LogP contribution < -0.4 is 30.9 Å². The Morgan fingerprint density at radius 2 is 1.59 bits per heavy atom. The van der Waals surface area contributed by atoms with E-state index in [-0.39, 0.29) is 63.1 Å². The fourth-order valence-corrected chi connectivity index (χ4v) is 10.2. The third-order valence-electron chi connectivity index (χ3n) is 13.0. The van der Waals surface area contributed by atoms with Crippen LogP contribution in [0.5, 0.6) is 11.6 Å². The van der Waals surface area contributed by atoms with E-state index in [2.05, 4.69) is 40.6 Å². The number of aliphatic hydroxyl groups excluding tert-OH is 1. The molecule has 5 unspecified atom stereocenters. The van der Waals surface area contributed by atoms with Crippen LogP contribution in [0, 0.1) is 12.3 Å². The molecular formula is C51H64N10O9S. The van der Waals surface area contributed by atoms with Crippen LogP contribution in [0.4, 0.5) is 17.2 Å². The number of likely N-dealkylation sites (tertiary alicyclic amines) is 1. The number of nitrogens with one attached hydrogen (secondary N) is 2. The number of aromatic hydroxyl groups is 1. The maximum atomic E-state index is 14.0. The molecule has 20 heteroatoms. The molecule has 5 aromatic rings. The van der Waals surface area contributed by atoms with E-state index < -0.39 is 35.4 Å². The lowest BCUT2D eigenvalue weighted by Gasteiger charge is -2.43. The van der Waals surface area contributed by atoms with Crippen LogP contribution in [0.1, 0.15) is 51.3 Å². The Hall–Kier alpha value is -6.45. The molecule has 6 N–H and O–H groups in total. The van der Waals surface area contributed by atoms with E-state index in [0.717, 1.165) is 59.0 Å². The Labute approximate surface area is 417 Å². The van der Waals surface area contributed by atoms with Crippen LogP contribution in [-0.2, 0) is 35.1 Å². The van der Waals surface area contributed by atoms with Gasteiger partial charge in [0.15, 0.2) is 5.82 Å². The number of aryl methyl sites for hydroxylation is 1. The van der Waals surface area contributed by atoms with Crippen molar-refractivity contribution in [1.29, 1.82) is 0 Å². The number of nitrogens with zero attached hydrogens (tertiary/aromatic N) is 7. The molecule has 3 aliphatic heterocycles. The van der Waals surface area contributed by atoms with Gasteiger partial charge in [-0.1, -0.05) is 57.2 Å². The minimum Gasteiger partial charge on any atom is -0.507 e. The molecule has 6 heterocycles. The molecule has 0 radical (unpaired) electrons. The fourth-order valence-electron chi connectivity index (χ4n) is 9.42. The van der Waals surface area contributed by atoms with Crippen LogP contribution in [0.15, 0.2) is 78.4 Å². The number of aromatic nitrogens is 4. The second-order valence-electron chi connectivity index (χ2n) is 19.1. The average molecular weight is 993 g/mol. The van der Waals surface area contributed by atoms with Crippen LogP contribution in [0.25, 0.3) is 21.7 Å². The van der Waals surface area contributed by atoms with Gasteiger partial charge in [0.1, 0.15) is 31.0 Å². The number of hydrogen-bond acceptors (Lipinski definition) is 17. The summed E-state index contributed by atoms with van der Waals surface area (Å²) >= 11 is 1.57. The zero-order chi connectivity index (χ0) is 50.1. The van der Waals surface area contributed by atoms with E-state index in [0.29, 0.717) is 49.4 Å². The summed E-state index contributed by atoms with van der Waals surface area (Å²) in [6.45, 7) is 10.6. The summed E-state index contributed by atoms with van der Waals surface area (Å²) in [6.07, 6.45) is 3.04. The highest BCUT2D eigenvalue weighted by Crippen LogP contribution is 2.39. The van der Waals surface area contributed by atoms with Crippen LogP contribution in [-0.4, -0.2) is 149 Å². The van der Waals surface area contributed by atoms with Crippen molar-refractivity contribution < 1.29 is 43.5 Å². The second kappa shape index (κ2) is 23.2. The van der Waals surface area contributed by atoms with E-state index >= 15 is 0 Å². The summed E-state index contributed by atoms with van der Waals surface area (Å²) in [4.78, 5) is 56.3. The number of para-hydroxylation sites is 1. The number of thiazole rings is 1. The standard InChI is InChI=1S/C51H64N10O9S/c1-32-46(71-31-55-32)34-11-9-33(10-12-34)26-54-49(65)42-24-38(62)29-60(42)50(66)47(51(2,3)4)56-44(64)30-69-20-19-67-17-18-68-21-22-70-45-23-35(15-16-53-45)61-36-13-14-37(61)28-59(27-36)41-25-40(57-58-48(41)52)39-7-5-6-8-43(39)63/h5-12,15-16,23,25,31,36-38,42,47,62-63H,13-14,17-22,24,26-30H2,1-4H3,(H2,52,58)(H,54,65)(H,56,64). The predicted octanol–water partition coefficient (Wildman–Crippen LogP) is 4.35. The number of β-amino-alcohol motifs (C(OH)–C–C–N with tert-alkyl or cyclic N) is 1. The molecule has 3 aliphatic rings. The number of benzene rings is 2. The Kier molecular flexibility index (Phi) is 16.6. The summed E-state index contributed by atoms with van der Waals surface area (Å²) in [5.41, 5.74) is 13.4. The van der Waals surface area contributed by atoms with Crippen LogP contribution in [0.3, 0.4) is 0 Å². The third kappa shape index (κ3) is 12.7. The third-order valence-corrected chi connectivity index (χ3v) is 14.0. The van der Waals surface area contributed by atoms with Gasteiger partial charge < -0.3 is 60.2 Å². The minimum atomic E-state index is -0.971. The first-order valence-electron chi connectivity index (χ1n) is 24.1. The average Bonchev–Trinajstić information content (AvgIpc) is 4.05. The van der Waals surface area contributed by atoms with Crippen molar-refractivity contribution in [2.45, 2.75) is 83.8 Å². The van der Waals surface area contributed by atoms with E-state index in [1.165, 1.54) is 4.90 Å². The number of anilines is 3. The summed E-state index contributed by atoms with van der Waals surface area (Å²) < 4.78 is 22.8. The Morgan fingerprint density at radius 3 is 2.28 bits per heavy atom. The molecule has 8 rings (SSSR count). The number of nitrogen functional groups attached to an aromatic ring is 1. The molecule has 378 valence electrons. The summed E-state index contributed by atoms with van der Waals surface area (Å²) in [5, 5.41) is 35.2. The number of phenols is 1. The van der Waals surface area contributed by atoms with Crippen molar-refractivity contribution in [1.82, 2.24) is 35.7 Å². The molecule has 3 saturated heterocycles. The monoisotopic (exact) mass is 992 g/mol. The van der Waals surface area contributed by atoms with E-state index in [1.54, 1.807) is 29.7 Å². The van der Waals surface area contributed by atoms with E-state index in [4.69, 9.17) is 24.7 Å². The number of carbonyl (C=O) groups excluding carboxylic acids is 3. The smallest absolute Gasteiger partial charge is 0.246 e. The largest absolute Gasteiger partial charge is 0.507 e. The topological polar surface area (TPSA) is 240 Å². The first kappa shape index (κ1) is 50.9. The van der Waals surface area contributed by atoms with E-state index in [9.17, 15) is 24.6 Å². The molecule has 19 nitrogen and oxygen atoms in total. The number of amides is 3. The van der Waals surface area contributed by atoms with Gasteiger partial charge in [-0.3, -0.25) is 14.4 Å². The first-order chi connectivity index (χ1) is 34.2. The highest BCUT2D eigenvalue weighted by molar-refractivity contribution is 7.13. The van der Waals surface area contributed by atoms with Gasteiger partial charge in [0.25, 0.3) is 0 Å².